The number of alkyl halides is 3. The van der Waals surface area contributed by atoms with Crippen LogP contribution in [0.3, 0.4) is 0 Å². The Balaban J connectivity index is 2.89. The maximum Gasteiger partial charge on any atom is 0.417 e. The molecule has 21 heavy (non-hydrogen) atoms. The highest BCUT2D eigenvalue weighted by Crippen LogP contribution is 2.41. The Bertz CT molecular complexity index is 702. The van der Waals surface area contributed by atoms with E-state index in [1.165, 1.54) is 0 Å². The lowest BCUT2D eigenvalue weighted by molar-refractivity contribution is -0.137. The van der Waals surface area contributed by atoms with Crippen molar-refractivity contribution in [2.45, 2.75) is 6.18 Å². The molecule has 2 aromatic rings. The Kier molecular flexibility index (Phi) is 3.65. The quantitative estimate of drug-likeness (QED) is 0.392. The highest BCUT2D eigenvalue weighted by molar-refractivity contribution is 5.70. The molecule has 0 radical (unpaired) electrons. The van der Waals surface area contributed by atoms with E-state index >= 15 is 0 Å². The van der Waals surface area contributed by atoms with Crippen LogP contribution in [-0.4, -0.2) is 0 Å². The summed E-state index contributed by atoms with van der Waals surface area (Å²) in [5.41, 5.74) is -4.83. The minimum atomic E-state index is -5.14. The van der Waals surface area contributed by atoms with E-state index in [-0.39, 0.29) is 6.07 Å². The molecule has 0 fully saturated rings. The molecule has 2 rings (SSSR count). The van der Waals surface area contributed by atoms with Crippen LogP contribution in [0, 0.1) is 29.1 Å². The number of benzene rings is 2. The summed E-state index contributed by atoms with van der Waals surface area (Å²) in [6, 6.07) is 1.42. The molecule has 0 N–H and O–H groups in total. The highest BCUT2D eigenvalue weighted by Gasteiger charge is 2.37. The maximum absolute atomic E-state index is 13.6. The molecule has 2 aromatic carbocycles. The van der Waals surface area contributed by atoms with Gasteiger partial charge in [-0.1, -0.05) is 6.07 Å². The van der Waals surface area contributed by atoms with Crippen molar-refractivity contribution < 1.29 is 35.1 Å². The van der Waals surface area contributed by atoms with Crippen LogP contribution in [0.15, 0.2) is 24.3 Å². The third-order valence-corrected chi connectivity index (χ3v) is 2.68. The fourth-order valence-corrected chi connectivity index (χ4v) is 1.81. The van der Waals surface area contributed by atoms with E-state index in [1.807, 2.05) is 0 Å². The molecular formula is C13H4F8. The van der Waals surface area contributed by atoms with Crippen molar-refractivity contribution in [2.24, 2.45) is 0 Å². The SMILES string of the molecule is Fc1cc(F)c(-c2c(F)cccc2C(F)(F)F)c(F)c1F. The van der Waals surface area contributed by atoms with Crippen molar-refractivity contribution >= 4 is 0 Å². The van der Waals surface area contributed by atoms with Crippen LogP contribution < -0.4 is 0 Å². The fourth-order valence-electron chi connectivity index (χ4n) is 1.81. The Labute approximate surface area is 112 Å². The lowest BCUT2D eigenvalue weighted by Gasteiger charge is -2.15. The van der Waals surface area contributed by atoms with Gasteiger partial charge in [-0.15, -0.1) is 0 Å². The summed E-state index contributed by atoms with van der Waals surface area (Å²) in [5.74, 6) is -9.82. The van der Waals surface area contributed by atoms with E-state index in [4.69, 9.17) is 0 Å². The molecule has 0 aliphatic heterocycles. The van der Waals surface area contributed by atoms with Gasteiger partial charge in [-0.05, 0) is 12.1 Å². The average Bonchev–Trinajstić information content (AvgIpc) is 2.36. The fraction of sp³-hybridized carbons (Fsp3) is 0.0769. The molecule has 0 aromatic heterocycles. The van der Waals surface area contributed by atoms with Gasteiger partial charge in [-0.25, -0.2) is 22.0 Å². The smallest absolute Gasteiger partial charge is 0.206 e. The van der Waals surface area contributed by atoms with Gasteiger partial charge in [-0.3, -0.25) is 0 Å². The van der Waals surface area contributed by atoms with Gasteiger partial charge < -0.3 is 0 Å². The first-order valence-electron chi connectivity index (χ1n) is 5.33. The van der Waals surface area contributed by atoms with Gasteiger partial charge in [-0.2, -0.15) is 13.2 Å². The standard InChI is InChI=1S/C13H4F8/c14-6-3-1-2-5(13(19,20)21)9(6)10-7(15)4-8(16)11(17)12(10)18/h1-4H. The molecule has 0 aliphatic rings. The minimum absolute atomic E-state index is 0.152. The zero-order valence-corrected chi connectivity index (χ0v) is 9.83. The van der Waals surface area contributed by atoms with Crippen molar-refractivity contribution in [3.8, 4) is 11.1 Å². The molecular weight excluding hydrogens is 308 g/mol. The third kappa shape index (κ3) is 2.57. The second kappa shape index (κ2) is 5.01. The largest absolute Gasteiger partial charge is 0.417 e. The van der Waals surface area contributed by atoms with E-state index in [9.17, 15) is 35.1 Å². The van der Waals surface area contributed by atoms with E-state index in [0.717, 1.165) is 0 Å². The molecule has 0 atom stereocenters. The minimum Gasteiger partial charge on any atom is -0.206 e. The topological polar surface area (TPSA) is 0 Å². The summed E-state index contributed by atoms with van der Waals surface area (Å²) >= 11 is 0. The van der Waals surface area contributed by atoms with Gasteiger partial charge in [0, 0.05) is 11.6 Å². The zero-order valence-electron chi connectivity index (χ0n) is 9.83. The molecule has 0 bridgehead atoms. The number of rotatable bonds is 1. The summed E-state index contributed by atoms with van der Waals surface area (Å²) < 4.78 is 105. The summed E-state index contributed by atoms with van der Waals surface area (Å²) in [7, 11) is 0. The van der Waals surface area contributed by atoms with Gasteiger partial charge in [0.1, 0.15) is 11.6 Å². The summed E-state index contributed by atoms with van der Waals surface area (Å²) in [6.07, 6.45) is -5.14. The molecule has 0 spiro atoms. The Morgan fingerprint density at radius 3 is 1.86 bits per heavy atom. The van der Waals surface area contributed by atoms with Crippen molar-refractivity contribution in [1.29, 1.82) is 0 Å². The van der Waals surface area contributed by atoms with Crippen LogP contribution in [-0.2, 0) is 6.18 Å². The number of hydrogen-bond acceptors (Lipinski definition) is 0. The summed E-state index contributed by atoms with van der Waals surface area (Å²) in [5, 5.41) is 0. The monoisotopic (exact) mass is 312 g/mol. The molecule has 112 valence electrons. The van der Waals surface area contributed by atoms with Crippen molar-refractivity contribution in [3.63, 3.8) is 0 Å². The number of hydrogen-bond donors (Lipinski definition) is 0. The molecule has 0 saturated carbocycles. The molecule has 0 amide bonds. The van der Waals surface area contributed by atoms with Gasteiger partial charge >= 0.3 is 6.18 Å². The van der Waals surface area contributed by atoms with Crippen molar-refractivity contribution in [1.82, 2.24) is 0 Å². The van der Waals surface area contributed by atoms with Crippen LogP contribution in [0.2, 0.25) is 0 Å². The Morgan fingerprint density at radius 2 is 1.29 bits per heavy atom. The predicted octanol–water partition coefficient (Wildman–Crippen LogP) is 5.07. The van der Waals surface area contributed by atoms with E-state index in [0.29, 0.717) is 18.2 Å². The van der Waals surface area contributed by atoms with E-state index in [2.05, 4.69) is 0 Å². The zero-order chi connectivity index (χ0) is 15.9. The van der Waals surface area contributed by atoms with E-state index in [1.54, 1.807) is 0 Å². The molecule has 0 unspecified atom stereocenters. The summed E-state index contributed by atoms with van der Waals surface area (Å²) in [6.45, 7) is 0. The first-order valence-corrected chi connectivity index (χ1v) is 5.33. The van der Waals surface area contributed by atoms with Crippen LogP contribution >= 0.6 is 0 Å². The van der Waals surface area contributed by atoms with Gasteiger partial charge in [0.2, 0.25) is 0 Å². The maximum atomic E-state index is 13.6. The Hall–Kier alpha value is -2.12. The van der Waals surface area contributed by atoms with Crippen LogP contribution in [0.25, 0.3) is 11.1 Å². The van der Waals surface area contributed by atoms with Crippen molar-refractivity contribution in [2.75, 3.05) is 0 Å². The van der Waals surface area contributed by atoms with Crippen LogP contribution in [0.1, 0.15) is 5.56 Å². The number of halogens is 8. The van der Waals surface area contributed by atoms with Gasteiger partial charge in [0.15, 0.2) is 17.5 Å². The van der Waals surface area contributed by atoms with Crippen LogP contribution in [0.4, 0.5) is 35.1 Å². The molecule has 0 nitrogen and oxygen atoms in total. The third-order valence-electron chi connectivity index (χ3n) is 2.68. The first-order chi connectivity index (χ1) is 9.64. The van der Waals surface area contributed by atoms with Crippen molar-refractivity contribution in [3.05, 3.63) is 58.9 Å². The predicted molar refractivity (Wildman–Crippen MR) is 56.7 cm³/mol. The molecule has 0 saturated heterocycles. The lowest BCUT2D eigenvalue weighted by atomic mass is 9.97. The normalized spacial score (nSPS) is 11.8. The second-order valence-corrected chi connectivity index (χ2v) is 4.00. The second-order valence-electron chi connectivity index (χ2n) is 4.00. The highest BCUT2D eigenvalue weighted by atomic mass is 19.4. The average molecular weight is 312 g/mol. The summed E-state index contributed by atoms with van der Waals surface area (Å²) in [4.78, 5) is 0. The van der Waals surface area contributed by atoms with Gasteiger partial charge in [0.05, 0.1) is 11.1 Å². The molecule has 0 heterocycles. The van der Waals surface area contributed by atoms with E-state index < -0.39 is 52.0 Å². The van der Waals surface area contributed by atoms with Crippen LogP contribution in [0.5, 0.6) is 0 Å². The Morgan fingerprint density at radius 1 is 0.667 bits per heavy atom. The lowest BCUT2D eigenvalue weighted by Crippen LogP contribution is -2.10. The molecule has 8 heteroatoms. The molecule has 0 aliphatic carbocycles. The van der Waals surface area contributed by atoms with Gasteiger partial charge in [0.25, 0.3) is 0 Å². The first kappa shape index (κ1) is 15.3.